The fourth-order valence-corrected chi connectivity index (χ4v) is 4.54. The number of H-pyrrole nitrogens is 2. The van der Waals surface area contributed by atoms with Gasteiger partial charge in [-0.25, -0.2) is 9.97 Å². The average Bonchev–Trinajstić information content (AvgIpc) is 3.50. The molecule has 0 unspecified atom stereocenters. The van der Waals surface area contributed by atoms with Crippen molar-refractivity contribution in [3.05, 3.63) is 93.3 Å². The predicted octanol–water partition coefficient (Wildman–Crippen LogP) is 4.19. The second-order valence-electron chi connectivity index (χ2n) is 8.13. The number of aromatic amines is 2. The van der Waals surface area contributed by atoms with E-state index in [2.05, 4.69) is 36.2 Å². The molecule has 8 nitrogen and oxygen atoms in total. The molecule has 34 heavy (non-hydrogen) atoms. The van der Waals surface area contributed by atoms with E-state index in [0.717, 1.165) is 32.3 Å². The second-order valence-corrected chi connectivity index (χ2v) is 8.98. The van der Waals surface area contributed by atoms with Gasteiger partial charge >= 0.3 is 0 Å². The summed E-state index contributed by atoms with van der Waals surface area (Å²) in [6.07, 6.45) is 7.51. The largest absolute Gasteiger partial charge is 0.394 e. The predicted molar refractivity (Wildman–Crippen MR) is 136 cm³/mol. The fourth-order valence-electron chi connectivity index (χ4n) is 4.10. The molecule has 3 heterocycles. The van der Waals surface area contributed by atoms with E-state index >= 15 is 0 Å². The maximum absolute atomic E-state index is 12.9. The van der Waals surface area contributed by atoms with Crippen LogP contribution in [0.15, 0.2) is 76.6 Å². The summed E-state index contributed by atoms with van der Waals surface area (Å²) >= 11 is 3.56. The van der Waals surface area contributed by atoms with E-state index in [1.165, 1.54) is 0 Å². The van der Waals surface area contributed by atoms with Crippen LogP contribution in [-0.2, 0) is 6.42 Å². The smallest absolute Gasteiger partial charge is 0.261 e. The molecule has 0 fully saturated rings. The van der Waals surface area contributed by atoms with E-state index in [-0.39, 0.29) is 18.2 Å². The third kappa shape index (κ3) is 4.27. The van der Waals surface area contributed by atoms with Gasteiger partial charge in [0.15, 0.2) is 0 Å². The van der Waals surface area contributed by atoms with Crippen LogP contribution in [0.2, 0.25) is 0 Å². The van der Waals surface area contributed by atoms with E-state index in [9.17, 15) is 9.90 Å². The zero-order valence-electron chi connectivity index (χ0n) is 18.4. The van der Waals surface area contributed by atoms with Gasteiger partial charge in [-0.2, -0.15) is 0 Å². The van der Waals surface area contributed by atoms with Gasteiger partial charge in [-0.15, -0.1) is 0 Å². The highest BCUT2D eigenvalue weighted by Crippen LogP contribution is 2.28. The molecule has 0 saturated heterocycles. The van der Waals surface area contributed by atoms with Crippen LogP contribution in [0.25, 0.3) is 28.1 Å². The molecule has 0 spiro atoms. The number of nitrogens with one attached hydrogen (secondary N) is 3. The zero-order valence-corrected chi connectivity index (χ0v) is 20.0. The van der Waals surface area contributed by atoms with Gasteiger partial charge in [0.2, 0.25) is 0 Å². The first-order chi connectivity index (χ1) is 16.5. The number of pyridine rings is 1. The molecule has 5 rings (SSSR count). The van der Waals surface area contributed by atoms with Crippen LogP contribution in [0.1, 0.15) is 11.1 Å². The maximum atomic E-state index is 12.9. The van der Waals surface area contributed by atoms with Gasteiger partial charge in [0.05, 0.1) is 35.7 Å². The number of rotatable bonds is 7. The van der Waals surface area contributed by atoms with Crippen LogP contribution in [0.4, 0.5) is 5.69 Å². The lowest BCUT2D eigenvalue weighted by molar-refractivity contribution is 0.273. The number of benzene rings is 2. The third-order valence-corrected chi connectivity index (χ3v) is 6.54. The van der Waals surface area contributed by atoms with Crippen LogP contribution >= 0.6 is 15.9 Å². The Morgan fingerprint density at radius 1 is 1.24 bits per heavy atom. The molecule has 5 aromatic rings. The van der Waals surface area contributed by atoms with E-state index in [1.54, 1.807) is 24.8 Å². The lowest BCUT2D eigenvalue weighted by Crippen LogP contribution is -2.28. The number of aliphatic hydroxyl groups is 1. The Kier molecular flexibility index (Phi) is 6.04. The molecular formula is C25H23BrN6O2. The minimum atomic E-state index is -0.293. The molecule has 4 N–H and O–H groups in total. The molecule has 0 aliphatic carbocycles. The topological polar surface area (TPSA) is 112 Å². The summed E-state index contributed by atoms with van der Waals surface area (Å²) in [4.78, 5) is 27.8. The fraction of sp³-hybridized carbons (Fsp3) is 0.160. The van der Waals surface area contributed by atoms with Crippen molar-refractivity contribution in [3.8, 4) is 17.1 Å². The van der Waals surface area contributed by atoms with Gasteiger partial charge in [-0.3, -0.25) is 4.79 Å². The van der Waals surface area contributed by atoms with Gasteiger partial charge < -0.3 is 25.0 Å². The van der Waals surface area contributed by atoms with Crippen molar-refractivity contribution in [2.45, 2.75) is 19.4 Å². The van der Waals surface area contributed by atoms with Crippen LogP contribution in [0.3, 0.4) is 0 Å². The molecule has 3 aromatic heterocycles. The van der Waals surface area contributed by atoms with Crippen LogP contribution in [0, 0.1) is 6.92 Å². The normalized spacial score (nSPS) is 12.2. The van der Waals surface area contributed by atoms with Crippen molar-refractivity contribution in [2.24, 2.45) is 0 Å². The Morgan fingerprint density at radius 3 is 2.85 bits per heavy atom. The number of anilines is 1. The number of halogens is 1. The van der Waals surface area contributed by atoms with Crippen molar-refractivity contribution in [2.75, 3.05) is 11.9 Å². The number of hydrogen-bond acceptors (Lipinski definition) is 5. The molecule has 0 radical (unpaired) electrons. The van der Waals surface area contributed by atoms with Crippen molar-refractivity contribution in [3.63, 3.8) is 0 Å². The highest BCUT2D eigenvalue weighted by atomic mass is 79.9. The van der Waals surface area contributed by atoms with Crippen molar-refractivity contribution in [1.29, 1.82) is 0 Å². The summed E-state index contributed by atoms with van der Waals surface area (Å²) in [5.41, 5.74) is 5.33. The van der Waals surface area contributed by atoms with Crippen molar-refractivity contribution < 1.29 is 5.11 Å². The number of fused-ring (bicyclic) bond motifs is 1. The molecule has 0 amide bonds. The summed E-state index contributed by atoms with van der Waals surface area (Å²) in [5, 5.41) is 13.4. The number of imidazole rings is 2. The van der Waals surface area contributed by atoms with Crippen LogP contribution < -0.4 is 10.9 Å². The molecule has 0 aliphatic rings. The summed E-state index contributed by atoms with van der Waals surface area (Å²) in [6.45, 7) is 1.89. The molecule has 172 valence electrons. The first kappa shape index (κ1) is 22.1. The molecule has 1 atom stereocenters. The quantitative estimate of drug-likeness (QED) is 0.258. The van der Waals surface area contributed by atoms with Crippen LogP contribution in [-0.4, -0.2) is 42.3 Å². The summed E-state index contributed by atoms with van der Waals surface area (Å²) < 4.78 is 2.89. The summed E-state index contributed by atoms with van der Waals surface area (Å²) in [7, 11) is 0. The van der Waals surface area contributed by atoms with Gasteiger partial charge in [-0.1, -0.05) is 34.1 Å². The maximum Gasteiger partial charge on any atom is 0.261 e. The SMILES string of the molecule is Cc1cc(-n2ccnc2)cc2[nH]c(-c3c(N[C@H](CO)Cc4ccccc4Br)cc[nH]c3=O)nc12. The van der Waals surface area contributed by atoms with Crippen LogP contribution in [0.5, 0.6) is 0 Å². The lowest BCUT2D eigenvalue weighted by Gasteiger charge is -2.19. The number of aromatic nitrogens is 5. The summed E-state index contributed by atoms with van der Waals surface area (Å²) in [6, 6.07) is 13.4. The minimum absolute atomic E-state index is 0.0962. The van der Waals surface area contributed by atoms with Gasteiger partial charge in [0.25, 0.3) is 5.56 Å². The first-order valence-electron chi connectivity index (χ1n) is 10.8. The minimum Gasteiger partial charge on any atom is -0.394 e. The Labute approximate surface area is 203 Å². The number of aryl methyl sites for hydroxylation is 1. The highest BCUT2D eigenvalue weighted by Gasteiger charge is 2.19. The lowest BCUT2D eigenvalue weighted by atomic mass is 10.1. The van der Waals surface area contributed by atoms with Crippen molar-refractivity contribution in [1.82, 2.24) is 24.5 Å². The third-order valence-electron chi connectivity index (χ3n) is 5.77. The number of hydrogen-bond donors (Lipinski definition) is 4. The first-order valence-corrected chi connectivity index (χ1v) is 11.6. The molecule has 9 heteroatoms. The average molecular weight is 519 g/mol. The van der Waals surface area contributed by atoms with Gasteiger partial charge in [0.1, 0.15) is 11.4 Å². The van der Waals surface area contributed by atoms with Gasteiger partial charge in [-0.05, 0) is 48.7 Å². The Balaban J connectivity index is 1.53. The standard InChI is InChI=1S/C25H23BrN6O2/c1-15-10-18(32-9-8-27-14-32)12-21-23(15)31-24(30-21)22-20(6-7-28-25(22)34)29-17(13-33)11-16-4-2-3-5-19(16)26/h2-10,12,14,17,33H,11,13H2,1H3,(H,30,31)(H2,28,29,34)/t17-/m0/s1. The monoisotopic (exact) mass is 518 g/mol. The van der Waals surface area contributed by atoms with Gasteiger partial charge in [0, 0.05) is 28.8 Å². The van der Waals surface area contributed by atoms with E-state index in [1.807, 2.05) is 54.1 Å². The Bertz CT molecular complexity index is 1510. The zero-order chi connectivity index (χ0) is 23.7. The Morgan fingerprint density at radius 2 is 2.09 bits per heavy atom. The molecule has 0 saturated carbocycles. The Hall–Kier alpha value is -3.69. The van der Waals surface area contributed by atoms with Crippen molar-refractivity contribution >= 4 is 32.7 Å². The van der Waals surface area contributed by atoms with E-state index < -0.39 is 0 Å². The number of aliphatic hydroxyl groups excluding tert-OH is 1. The van der Waals surface area contributed by atoms with E-state index in [4.69, 9.17) is 4.98 Å². The molecule has 0 bridgehead atoms. The highest BCUT2D eigenvalue weighted by molar-refractivity contribution is 9.10. The number of nitrogens with zero attached hydrogens (tertiary/aromatic N) is 3. The molecule has 2 aromatic carbocycles. The summed E-state index contributed by atoms with van der Waals surface area (Å²) in [5.74, 6) is 0.461. The second kappa shape index (κ2) is 9.28. The molecule has 0 aliphatic heterocycles. The molecular weight excluding hydrogens is 496 g/mol. The van der Waals surface area contributed by atoms with E-state index in [0.29, 0.717) is 23.5 Å².